The van der Waals surface area contributed by atoms with E-state index in [4.69, 9.17) is 24.7 Å². The molecule has 0 aromatic rings. The molecule has 0 fully saturated rings. The molecule has 0 aromatic carbocycles. The van der Waals surface area contributed by atoms with Gasteiger partial charge in [0.05, 0.1) is 39.1 Å². The quantitative estimate of drug-likeness (QED) is 0.617. The SMILES string of the molecule is C.C.C.C.COCCOCC(CN)OCCOC. The van der Waals surface area contributed by atoms with E-state index in [-0.39, 0.29) is 35.8 Å². The Morgan fingerprint density at radius 2 is 1.33 bits per heavy atom. The van der Waals surface area contributed by atoms with Crippen molar-refractivity contribution < 1.29 is 18.9 Å². The molecule has 0 aromatic heterocycles. The molecule has 2 N–H and O–H groups in total. The minimum atomic E-state index is -0.0537. The average molecular weight is 271 g/mol. The number of ether oxygens (including phenoxy) is 4. The molecule has 5 nitrogen and oxygen atoms in total. The molecule has 1 atom stereocenters. The monoisotopic (exact) mass is 271 g/mol. The molecule has 0 bridgehead atoms. The number of nitrogens with two attached hydrogens (primary N) is 1. The van der Waals surface area contributed by atoms with Gasteiger partial charge in [-0.1, -0.05) is 29.7 Å². The van der Waals surface area contributed by atoms with Crippen LogP contribution < -0.4 is 5.73 Å². The zero-order valence-electron chi connectivity index (χ0n) is 9.03. The van der Waals surface area contributed by atoms with Crippen LogP contribution in [0.15, 0.2) is 0 Å². The first-order chi connectivity index (χ1) is 6.85. The number of methoxy groups -OCH3 is 2. The molecular formula is C13H37NO4. The topological polar surface area (TPSA) is 62.9 Å². The predicted molar refractivity (Wildman–Crippen MR) is 80.3 cm³/mol. The van der Waals surface area contributed by atoms with Crippen LogP contribution in [0.4, 0.5) is 0 Å². The van der Waals surface area contributed by atoms with Crippen molar-refractivity contribution in [1.82, 2.24) is 0 Å². The maximum absolute atomic E-state index is 5.49. The molecule has 0 radical (unpaired) electrons. The highest BCUT2D eigenvalue weighted by Gasteiger charge is 2.06. The van der Waals surface area contributed by atoms with E-state index in [0.29, 0.717) is 39.6 Å². The molecule has 5 heteroatoms. The largest absolute Gasteiger partial charge is 0.382 e. The summed E-state index contributed by atoms with van der Waals surface area (Å²) < 4.78 is 20.4. The Labute approximate surface area is 115 Å². The fraction of sp³-hybridized carbons (Fsp3) is 1.00. The highest BCUT2D eigenvalue weighted by molar-refractivity contribution is 4.56. The first kappa shape index (κ1) is 30.7. The Hall–Kier alpha value is -0.200. The normalized spacial score (nSPS) is 10.2. The molecule has 0 aliphatic heterocycles. The highest BCUT2D eigenvalue weighted by Crippen LogP contribution is 1.91. The van der Waals surface area contributed by atoms with Crippen LogP contribution in [-0.2, 0) is 18.9 Å². The number of hydrogen-bond acceptors (Lipinski definition) is 5. The smallest absolute Gasteiger partial charge is 0.0931 e. The number of hydrogen-bond donors (Lipinski definition) is 1. The molecular weight excluding hydrogens is 234 g/mol. The Morgan fingerprint density at radius 1 is 0.833 bits per heavy atom. The molecule has 0 amide bonds. The van der Waals surface area contributed by atoms with Crippen LogP contribution in [0, 0.1) is 0 Å². The van der Waals surface area contributed by atoms with Crippen LogP contribution in [0.2, 0.25) is 0 Å². The lowest BCUT2D eigenvalue weighted by Crippen LogP contribution is -2.30. The third kappa shape index (κ3) is 21.1. The second kappa shape index (κ2) is 25.6. The fourth-order valence-corrected chi connectivity index (χ4v) is 0.839. The van der Waals surface area contributed by atoms with Crippen LogP contribution >= 0.6 is 0 Å². The van der Waals surface area contributed by atoms with E-state index >= 15 is 0 Å². The van der Waals surface area contributed by atoms with E-state index in [1.54, 1.807) is 14.2 Å². The summed E-state index contributed by atoms with van der Waals surface area (Å²) in [5.74, 6) is 0. The Balaban J connectivity index is -0.000000141. The van der Waals surface area contributed by atoms with Crippen molar-refractivity contribution >= 4 is 0 Å². The van der Waals surface area contributed by atoms with Gasteiger partial charge in [-0.15, -0.1) is 0 Å². The first-order valence-corrected chi connectivity index (χ1v) is 4.72. The third-order valence-corrected chi connectivity index (χ3v) is 1.64. The summed E-state index contributed by atoms with van der Waals surface area (Å²) in [4.78, 5) is 0. The second-order valence-corrected chi connectivity index (χ2v) is 2.79. The van der Waals surface area contributed by atoms with Crippen molar-refractivity contribution in [3.63, 3.8) is 0 Å². The molecule has 0 heterocycles. The van der Waals surface area contributed by atoms with Gasteiger partial charge in [-0.25, -0.2) is 0 Å². The standard InChI is InChI=1S/C9H21NO4.4CH4/c1-11-3-5-13-8-9(7-10)14-6-4-12-2;;;;/h9H,3-8,10H2,1-2H3;4*1H4. The van der Waals surface area contributed by atoms with E-state index in [1.807, 2.05) is 0 Å². The van der Waals surface area contributed by atoms with Crippen molar-refractivity contribution in [3.05, 3.63) is 0 Å². The van der Waals surface area contributed by atoms with Crippen molar-refractivity contribution in [2.24, 2.45) is 5.73 Å². The molecule has 0 spiro atoms. The lowest BCUT2D eigenvalue weighted by molar-refractivity contribution is -0.0359. The summed E-state index contributed by atoms with van der Waals surface area (Å²) in [5.41, 5.74) is 5.49. The van der Waals surface area contributed by atoms with Gasteiger partial charge in [0.25, 0.3) is 0 Å². The Bertz CT molecular complexity index is 115. The summed E-state index contributed by atoms with van der Waals surface area (Å²) in [7, 11) is 3.27. The molecule has 0 saturated carbocycles. The van der Waals surface area contributed by atoms with Gasteiger partial charge in [0.1, 0.15) is 0 Å². The molecule has 1 unspecified atom stereocenters. The van der Waals surface area contributed by atoms with Gasteiger partial charge in [-0.2, -0.15) is 0 Å². The van der Waals surface area contributed by atoms with E-state index in [1.165, 1.54) is 0 Å². The highest BCUT2D eigenvalue weighted by atomic mass is 16.6. The molecule has 0 aliphatic carbocycles. The fourth-order valence-electron chi connectivity index (χ4n) is 0.839. The van der Waals surface area contributed by atoms with Gasteiger partial charge in [0.2, 0.25) is 0 Å². The van der Waals surface area contributed by atoms with Crippen LogP contribution in [0.5, 0.6) is 0 Å². The maximum Gasteiger partial charge on any atom is 0.0931 e. The second-order valence-electron chi connectivity index (χ2n) is 2.79. The van der Waals surface area contributed by atoms with Crippen LogP contribution in [0.3, 0.4) is 0 Å². The maximum atomic E-state index is 5.49. The van der Waals surface area contributed by atoms with E-state index < -0.39 is 0 Å². The summed E-state index contributed by atoms with van der Waals surface area (Å²) in [5, 5.41) is 0. The lowest BCUT2D eigenvalue weighted by atomic mass is 10.4. The predicted octanol–water partition coefficient (Wildman–Crippen LogP) is 2.18. The minimum absolute atomic E-state index is 0. The van der Waals surface area contributed by atoms with Crippen molar-refractivity contribution in [1.29, 1.82) is 0 Å². The molecule has 0 saturated heterocycles. The molecule has 0 rings (SSSR count). The minimum Gasteiger partial charge on any atom is -0.382 e. The van der Waals surface area contributed by atoms with Gasteiger partial charge in [-0.3, -0.25) is 0 Å². The average Bonchev–Trinajstić information content (AvgIpc) is 2.22. The molecule has 0 aliphatic rings. The van der Waals surface area contributed by atoms with Gasteiger partial charge in [0.15, 0.2) is 0 Å². The summed E-state index contributed by atoms with van der Waals surface area (Å²) in [6, 6.07) is 0. The third-order valence-electron chi connectivity index (χ3n) is 1.64. The van der Waals surface area contributed by atoms with Crippen molar-refractivity contribution in [2.45, 2.75) is 35.8 Å². The summed E-state index contributed by atoms with van der Waals surface area (Å²) in [6.45, 7) is 3.25. The molecule has 18 heavy (non-hydrogen) atoms. The van der Waals surface area contributed by atoms with E-state index in [2.05, 4.69) is 0 Å². The van der Waals surface area contributed by atoms with Crippen molar-refractivity contribution in [3.8, 4) is 0 Å². The zero-order chi connectivity index (χ0) is 10.6. The Kier molecular flexibility index (Phi) is 43.6. The summed E-state index contributed by atoms with van der Waals surface area (Å²) >= 11 is 0. The number of rotatable bonds is 10. The zero-order valence-corrected chi connectivity index (χ0v) is 9.03. The first-order valence-electron chi connectivity index (χ1n) is 4.72. The van der Waals surface area contributed by atoms with E-state index in [9.17, 15) is 0 Å². The van der Waals surface area contributed by atoms with Gasteiger partial charge in [-0.05, 0) is 0 Å². The van der Waals surface area contributed by atoms with Crippen molar-refractivity contribution in [2.75, 3.05) is 53.8 Å². The Morgan fingerprint density at radius 3 is 1.78 bits per heavy atom. The molecule has 118 valence electrons. The summed E-state index contributed by atoms with van der Waals surface area (Å²) in [6.07, 6.45) is -0.0537. The van der Waals surface area contributed by atoms with Gasteiger partial charge < -0.3 is 24.7 Å². The van der Waals surface area contributed by atoms with Crippen LogP contribution in [0.1, 0.15) is 29.7 Å². The van der Waals surface area contributed by atoms with Gasteiger partial charge >= 0.3 is 0 Å². The van der Waals surface area contributed by atoms with E-state index in [0.717, 1.165) is 0 Å². The van der Waals surface area contributed by atoms with Gasteiger partial charge in [0, 0.05) is 20.8 Å². The van der Waals surface area contributed by atoms with Crippen LogP contribution in [0.25, 0.3) is 0 Å². The lowest BCUT2D eigenvalue weighted by Gasteiger charge is -2.15. The van der Waals surface area contributed by atoms with Crippen LogP contribution in [-0.4, -0.2) is 59.9 Å².